The molecule has 3 aliphatic heterocycles. The van der Waals surface area contributed by atoms with Crippen LogP contribution in [-0.4, -0.2) is 85.0 Å². The first-order chi connectivity index (χ1) is 28.6. The largest absolute Gasteiger partial charge is 0.494 e. The number of likely N-dealkylation sites (N-methyl/N-ethyl adjacent to an activating group) is 1. The summed E-state index contributed by atoms with van der Waals surface area (Å²) in [4.78, 5) is 68.8. The number of hydrogen-bond donors (Lipinski definition) is 6. The maximum Gasteiger partial charge on any atom is 0.315 e. The molecule has 59 heavy (non-hydrogen) atoms. The molecule has 16 nitrogen and oxygen atoms in total. The molecule has 0 aliphatic carbocycles. The summed E-state index contributed by atoms with van der Waals surface area (Å²) < 4.78 is 12.5. The highest BCUT2D eigenvalue weighted by Crippen LogP contribution is 2.40. The predicted molar refractivity (Wildman–Crippen MR) is 223 cm³/mol. The quantitative estimate of drug-likeness (QED) is 0.0434. The Morgan fingerprint density at radius 1 is 1.00 bits per heavy atom. The van der Waals surface area contributed by atoms with Crippen LogP contribution in [-0.2, 0) is 25.6 Å². The fraction of sp³-hybridized carbons (Fsp3) is 0.452. The van der Waals surface area contributed by atoms with Crippen LogP contribution in [0.3, 0.4) is 0 Å². The minimum absolute atomic E-state index is 0.0134. The van der Waals surface area contributed by atoms with E-state index >= 15 is 0 Å². The van der Waals surface area contributed by atoms with Crippen LogP contribution in [0, 0.1) is 5.53 Å². The van der Waals surface area contributed by atoms with E-state index < -0.39 is 30.0 Å². The number of rotatable bonds is 19. The zero-order valence-electron chi connectivity index (χ0n) is 33.3. The molecule has 3 aliphatic rings. The molecule has 3 heterocycles. The van der Waals surface area contributed by atoms with Gasteiger partial charge in [0.25, 0.3) is 5.91 Å². The topological polar surface area (TPSA) is 218 Å². The minimum atomic E-state index is -1.12. The first-order valence-electron chi connectivity index (χ1n) is 20.1. The molecule has 6 atom stereocenters. The van der Waals surface area contributed by atoms with Gasteiger partial charge in [-0.05, 0) is 74.4 Å². The molecule has 6 rings (SSSR count). The summed E-state index contributed by atoms with van der Waals surface area (Å²) in [6.07, 6.45) is 4.86. The molecule has 0 radical (unpaired) electrons. The Hall–Kier alpha value is -5.93. The van der Waals surface area contributed by atoms with Gasteiger partial charge in [-0.1, -0.05) is 48.9 Å². The number of anilines is 1. The van der Waals surface area contributed by atoms with E-state index in [1.807, 2.05) is 42.1 Å². The Labute approximate surface area is 347 Å². The highest BCUT2D eigenvalue weighted by Gasteiger charge is 2.43. The Balaban J connectivity index is 0.950. The van der Waals surface area contributed by atoms with Crippen LogP contribution in [0.1, 0.15) is 69.1 Å². The number of benzene rings is 3. The normalized spacial score (nSPS) is 21.0. The highest BCUT2D eigenvalue weighted by molar-refractivity contribution is 8.00. The van der Waals surface area contributed by atoms with Gasteiger partial charge in [0.2, 0.25) is 22.6 Å². The Kier molecular flexibility index (Phi) is 14.9. The number of nitrogens with zero attached hydrogens (tertiary/aromatic N) is 3. The molecular formula is C42H52N9O7S+. The number of unbranched alkanes of at least 4 members (excludes halogenated alkanes) is 3. The third kappa shape index (κ3) is 11.6. The van der Waals surface area contributed by atoms with Crippen molar-refractivity contribution in [3.05, 3.63) is 83.9 Å². The molecule has 17 heteroatoms. The van der Waals surface area contributed by atoms with Gasteiger partial charge in [0.1, 0.15) is 29.1 Å². The van der Waals surface area contributed by atoms with Crippen LogP contribution in [0.15, 0.2) is 77.9 Å². The van der Waals surface area contributed by atoms with Gasteiger partial charge in [0, 0.05) is 37.1 Å². The lowest BCUT2D eigenvalue weighted by atomic mass is 10.0. The van der Waals surface area contributed by atoms with Crippen molar-refractivity contribution in [2.45, 2.75) is 93.8 Å². The summed E-state index contributed by atoms with van der Waals surface area (Å²) in [6, 6.07) is 19.4. The zero-order chi connectivity index (χ0) is 41.7. The monoisotopic (exact) mass is 826 g/mol. The number of thioether (sulfide) groups is 1. The second-order valence-electron chi connectivity index (χ2n) is 14.9. The second-order valence-corrected chi connectivity index (χ2v) is 16.2. The minimum Gasteiger partial charge on any atom is -0.494 e. The number of amides is 6. The van der Waals surface area contributed by atoms with E-state index in [0.29, 0.717) is 58.8 Å². The van der Waals surface area contributed by atoms with E-state index in [2.05, 4.69) is 36.6 Å². The van der Waals surface area contributed by atoms with Gasteiger partial charge < -0.3 is 41.0 Å². The molecule has 6 amide bonds. The number of ether oxygens (including phenoxy) is 2. The van der Waals surface area contributed by atoms with Gasteiger partial charge in [-0.25, -0.2) is 4.79 Å². The molecule has 0 aromatic heterocycles. The average Bonchev–Trinajstić information content (AvgIpc) is 3.77. The van der Waals surface area contributed by atoms with Gasteiger partial charge >= 0.3 is 6.03 Å². The van der Waals surface area contributed by atoms with Crippen molar-refractivity contribution < 1.29 is 33.4 Å². The summed E-state index contributed by atoms with van der Waals surface area (Å²) in [5.41, 5.74) is 9.20. The van der Waals surface area contributed by atoms with E-state index in [9.17, 15) is 24.0 Å². The Bertz CT molecular complexity index is 2010. The van der Waals surface area contributed by atoms with Crippen molar-refractivity contribution >= 4 is 52.8 Å². The number of carbonyl (C=O) groups excluding carboxylic acids is 5. The Morgan fingerprint density at radius 3 is 2.58 bits per heavy atom. The average molecular weight is 827 g/mol. The third-order valence-corrected chi connectivity index (χ3v) is 12.1. The summed E-state index contributed by atoms with van der Waals surface area (Å²) in [5.74, 6) is 0.652. The molecule has 0 saturated carbocycles. The van der Waals surface area contributed by atoms with Gasteiger partial charge in [-0.2, -0.15) is 11.8 Å². The van der Waals surface area contributed by atoms with Crippen LogP contribution in [0.4, 0.5) is 16.2 Å². The summed E-state index contributed by atoms with van der Waals surface area (Å²) in [5, 5.41) is 18.6. The molecule has 312 valence electrons. The van der Waals surface area contributed by atoms with Gasteiger partial charge in [-0.15, -0.1) is 0 Å². The second kappa shape index (κ2) is 20.7. The first-order valence-corrected chi connectivity index (χ1v) is 21.1. The van der Waals surface area contributed by atoms with Gasteiger partial charge in [0.05, 0.1) is 30.8 Å². The van der Waals surface area contributed by atoms with Crippen molar-refractivity contribution in [2.75, 3.05) is 30.9 Å². The lowest BCUT2D eigenvalue weighted by Gasteiger charge is -2.28. The fourth-order valence-corrected chi connectivity index (χ4v) is 8.94. The van der Waals surface area contributed by atoms with Crippen molar-refractivity contribution in [3.8, 4) is 11.5 Å². The standard InChI is InChI=1S/C42H51N9O7S/c1-26(45-36(53)23-27-15-17-29(18-16-27)49-50-43)40(54)47-38-39(28-11-5-3-6-12-28)58-33-20-19-30(24-32(33)51(2)41(38)55)57-22-10-4-9-21-44-35(52)14-8-7-13-34-37-31(25-59-34)46-42(56)48-37/h3,5-6,11-12,15-20,24,26,31,34,37-39,43H,4,7-10,13-14,21-23,25H2,1-2H3,(H4-,44,45,46,47,48,52,53,54,56)/p+1/t26-,31-,34-,37-,38+,39-/m0/s1. The molecule has 0 unspecified atom stereocenters. The molecular weight excluding hydrogens is 775 g/mol. The molecule has 2 saturated heterocycles. The number of fused-ring (bicyclic) bond motifs is 2. The highest BCUT2D eigenvalue weighted by atomic mass is 32.2. The number of nitrogens with one attached hydrogen (secondary N) is 6. The van der Waals surface area contributed by atoms with E-state index in [1.54, 1.807) is 56.4 Å². The third-order valence-electron chi connectivity index (χ3n) is 10.6. The lowest BCUT2D eigenvalue weighted by Crippen LogP contribution is -2.55. The SMILES string of the molecule is C[C@H](NC(=O)Cc1ccc(N=[N+]=N)cc1)C(=O)N[C@H]1C(=O)N(C)c2cc(OCCCCCNC(=O)CCCC[C@@H]3SC[C@@H]4NC(=O)N[C@@H]43)ccc2O[C@H]1c1ccccc1. The maximum absolute atomic E-state index is 14.1. The summed E-state index contributed by atoms with van der Waals surface area (Å²) in [7, 11) is 1.62. The zero-order valence-corrected chi connectivity index (χ0v) is 34.1. The predicted octanol–water partition coefficient (Wildman–Crippen LogP) is 4.59. The van der Waals surface area contributed by atoms with Crippen LogP contribution < -0.4 is 45.9 Å². The van der Waals surface area contributed by atoms with Crippen LogP contribution in [0.25, 0.3) is 0 Å². The molecule has 3 aromatic carbocycles. The van der Waals surface area contributed by atoms with Crippen LogP contribution >= 0.6 is 11.8 Å². The van der Waals surface area contributed by atoms with E-state index in [0.717, 1.165) is 44.3 Å². The number of carbonyl (C=O) groups is 5. The van der Waals surface area contributed by atoms with E-state index in [1.165, 1.54) is 4.90 Å². The van der Waals surface area contributed by atoms with Crippen LogP contribution in [0.5, 0.6) is 11.5 Å². The maximum atomic E-state index is 14.1. The number of hydrogen-bond acceptors (Lipinski definition) is 10. The van der Waals surface area contributed by atoms with Crippen molar-refractivity contribution in [3.63, 3.8) is 0 Å². The molecule has 0 spiro atoms. The fourth-order valence-electron chi connectivity index (χ4n) is 7.40. The van der Waals surface area contributed by atoms with Crippen molar-refractivity contribution in [2.24, 2.45) is 5.11 Å². The van der Waals surface area contributed by atoms with Crippen molar-refractivity contribution in [1.82, 2.24) is 31.5 Å². The van der Waals surface area contributed by atoms with Crippen molar-refractivity contribution in [1.29, 1.82) is 5.53 Å². The summed E-state index contributed by atoms with van der Waals surface area (Å²) >= 11 is 1.89. The van der Waals surface area contributed by atoms with E-state index in [-0.39, 0.29) is 36.3 Å². The van der Waals surface area contributed by atoms with Gasteiger partial charge in [-0.3, -0.25) is 19.2 Å². The lowest BCUT2D eigenvalue weighted by molar-refractivity contribution is -0.132. The summed E-state index contributed by atoms with van der Waals surface area (Å²) in [6.45, 7) is 2.60. The van der Waals surface area contributed by atoms with E-state index in [4.69, 9.17) is 15.0 Å². The Morgan fingerprint density at radius 2 is 1.80 bits per heavy atom. The number of urea groups is 1. The van der Waals surface area contributed by atoms with Gasteiger partial charge in [0.15, 0.2) is 16.9 Å². The first kappa shape index (κ1) is 42.7. The molecule has 6 N–H and O–H groups in total. The molecule has 2 fully saturated rings. The molecule has 0 bridgehead atoms. The van der Waals surface area contributed by atoms with Crippen LogP contribution in [0.2, 0.25) is 0 Å². The molecule has 3 aromatic rings. The smallest absolute Gasteiger partial charge is 0.315 e.